The lowest BCUT2D eigenvalue weighted by molar-refractivity contribution is -0.114. The molecule has 1 saturated heterocycles. The predicted molar refractivity (Wildman–Crippen MR) is 92.8 cm³/mol. The van der Waals surface area contributed by atoms with Gasteiger partial charge in [-0.3, -0.25) is 14.8 Å². The lowest BCUT2D eigenvalue weighted by Gasteiger charge is -2.32. The predicted octanol–water partition coefficient (Wildman–Crippen LogP) is 2.53. The Bertz CT molecular complexity index is 681. The number of carbonyl (C=O) groups is 1. The first-order chi connectivity index (χ1) is 11.5. The molecule has 1 aliphatic rings. The van der Waals surface area contributed by atoms with Crippen molar-refractivity contribution in [3.05, 3.63) is 29.7 Å². The molecule has 0 unspecified atom stereocenters. The first-order valence-electron chi connectivity index (χ1n) is 8.60. The van der Waals surface area contributed by atoms with E-state index in [2.05, 4.69) is 45.4 Å². The number of hydrogen-bond acceptors (Lipinski definition) is 4. The van der Waals surface area contributed by atoms with Crippen molar-refractivity contribution in [3.63, 3.8) is 0 Å². The second-order valence-corrected chi connectivity index (χ2v) is 6.82. The van der Waals surface area contributed by atoms with Crippen LogP contribution in [0.5, 0.6) is 0 Å². The average molecular weight is 330 g/mol. The maximum atomic E-state index is 11.3. The van der Waals surface area contributed by atoms with Crippen LogP contribution in [0, 0.1) is 0 Å². The molecule has 2 aromatic heterocycles. The summed E-state index contributed by atoms with van der Waals surface area (Å²) in [6.07, 6.45) is 3.80. The molecule has 0 radical (unpaired) electrons. The first kappa shape index (κ1) is 16.7. The van der Waals surface area contributed by atoms with Crippen LogP contribution >= 0.6 is 0 Å². The van der Waals surface area contributed by atoms with Crippen LogP contribution < -0.4 is 5.32 Å². The summed E-state index contributed by atoms with van der Waals surface area (Å²) in [5.74, 6) is 1.18. The Morgan fingerprint density at radius 1 is 1.42 bits per heavy atom. The fraction of sp³-hybridized carbons (Fsp3) is 0.588. The van der Waals surface area contributed by atoms with Crippen LogP contribution in [0.3, 0.4) is 0 Å². The maximum absolute atomic E-state index is 11.3. The summed E-state index contributed by atoms with van der Waals surface area (Å²) < 4.78 is 1.95. The minimum Gasteiger partial charge on any atom is -0.311 e. The number of aromatic amines is 1. The number of H-pyrrole nitrogens is 1. The van der Waals surface area contributed by atoms with Crippen molar-refractivity contribution in [2.45, 2.75) is 52.1 Å². The van der Waals surface area contributed by atoms with E-state index in [0.29, 0.717) is 12.0 Å². The van der Waals surface area contributed by atoms with Crippen LogP contribution in [0.4, 0.5) is 5.82 Å². The second-order valence-electron chi connectivity index (χ2n) is 6.82. The van der Waals surface area contributed by atoms with E-state index in [1.807, 2.05) is 10.7 Å². The molecular formula is C17H26N6O. The van der Waals surface area contributed by atoms with Gasteiger partial charge in [-0.25, -0.2) is 4.68 Å². The van der Waals surface area contributed by atoms with E-state index in [9.17, 15) is 4.79 Å². The Hall–Kier alpha value is -2.15. The molecule has 7 heteroatoms. The van der Waals surface area contributed by atoms with E-state index in [0.717, 1.165) is 44.0 Å². The molecule has 1 fully saturated rings. The molecule has 24 heavy (non-hydrogen) atoms. The third kappa shape index (κ3) is 3.84. The van der Waals surface area contributed by atoms with Crippen LogP contribution in [-0.2, 0) is 11.3 Å². The molecule has 1 amide bonds. The third-order valence-electron chi connectivity index (χ3n) is 4.51. The molecule has 0 bridgehead atoms. The molecule has 130 valence electrons. The number of nitrogens with zero attached hydrogens (tertiary/aromatic N) is 4. The normalized spacial score (nSPS) is 16.7. The van der Waals surface area contributed by atoms with Crippen LogP contribution in [0.2, 0.25) is 0 Å². The van der Waals surface area contributed by atoms with E-state index in [1.54, 1.807) is 6.20 Å². The maximum Gasteiger partial charge on any atom is 0.222 e. The highest BCUT2D eigenvalue weighted by Gasteiger charge is 2.23. The molecule has 2 aromatic rings. The van der Waals surface area contributed by atoms with Crippen molar-refractivity contribution in [2.24, 2.45) is 0 Å². The van der Waals surface area contributed by atoms with Crippen LogP contribution in [0.15, 0.2) is 18.3 Å². The molecule has 3 heterocycles. The smallest absolute Gasteiger partial charge is 0.222 e. The van der Waals surface area contributed by atoms with Gasteiger partial charge in [0.2, 0.25) is 5.91 Å². The lowest BCUT2D eigenvalue weighted by Crippen LogP contribution is -2.35. The third-order valence-corrected chi connectivity index (χ3v) is 4.51. The summed E-state index contributed by atoms with van der Waals surface area (Å²) in [7, 11) is 0. The molecule has 0 spiro atoms. The van der Waals surface area contributed by atoms with Crippen molar-refractivity contribution < 1.29 is 4.79 Å². The monoisotopic (exact) mass is 330 g/mol. The highest BCUT2D eigenvalue weighted by atomic mass is 16.1. The summed E-state index contributed by atoms with van der Waals surface area (Å²) in [5.41, 5.74) is 2.30. The average Bonchev–Trinajstić information content (AvgIpc) is 3.17. The quantitative estimate of drug-likeness (QED) is 0.883. The van der Waals surface area contributed by atoms with Gasteiger partial charge in [-0.05, 0) is 24.8 Å². The van der Waals surface area contributed by atoms with Gasteiger partial charge in [0.05, 0.1) is 17.9 Å². The first-order valence-corrected chi connectivity index (χ1v) is 8.60. The van der Waals surface area contributed by atoms with E-state index in [-0.39, 0.29) is 5.91 Å². The molecule has 0 saturated carbocycles. The minimum atomic E-state index is -0.0608. The number of anilines is 1. The molecule has 0 aromatic carbocycles. The van der Waals surface area contributed by atoms with Gasteiger partial charge in [-0.1, -0.05) is 13.8 Å². The van der Waals surface area contributed by atoms with Gasteiger partial charge < -0.3 is 5.32 Å². The number of amides is 1. The summed E-state index contributed by atoms with van der Waals surface area (Å²) >= 11 is 0. The molecule has 1 aliphatic heterocycles. The van der Waals surface area contributed by atoms with E-state index < -0.39 is 0 Å². The Morgan fingerprint density at radius 3 is 2.79 bits per heavy atom. The summed E-state index contributed by atoms with van der Waals surface area (Å²) in [6.45, 7) is 8.77. The van der Waals surface area contributed by atoms with Gasteiger partial charge in [-0.2, -0.15) is 10.2 Å². The number of rotatable bonds is 5. The fourth-order valence-corrected chi connectivity index (χ4v) is 3.20. The minimum absolute atomic E-state index is 0.0608. The van der Waals surface area contributed by atoms with Crippen molar-refractivity contribution >= 4 is 11.7 Å². The number of nitrogens with one attached hydrogen (secondary N) is 2. The fourth-order valence-electron chi connectivity index (χ4n) is 3.20. The number of likely N-dealkylation sites (tertiary alicyclic amines) is 1. The topological polar surface area (TPSA) is 78.8 Å². The zero-order chi connectivity index (χ0) is 17.1. The van der Waals surface area contributed by atoms with Gasteiger partial charge in [-0.15, -0.1) is 0 Å². The standard InChI is InChI=1S/C17H26N6O/c1-12(2)16-10-14(20-21-16)11-22-8-5-15(6-9-22)23-17(4-7-18-23)19-13(3)24/h4,7,10,12,15H,5-6,8-9,11H2,1-3H3,(H,19,24)(H,20,21). The largest absolute Gasteiger partial charge is 0.311 e. The van der Waals surface area contributed by atoms with Crippen molar-refractivity contribution in [1.29, 1.82) is 0 Å². The molecule has 3 rings (SSSR count). The number of carbonyl (C=O) groups excluding carboxylic acids is 1. The molecule has 2 N–H and O–H groups in total. The van der Waals surface area contributed by atoms with Gasteiger partial charge in [0.25, 0.3) is 0 Å². The number of piperidine rings is 1. The van der Waals surface area contributed by atoms with Gasteiger partial charge in [0.1, 0.15) is 5.82 Å². The number of hydrogen-bond donors (Lipinski definition) is 2. The van der Waals surface area contributed by atoms with Crippen molar-refractivity contribution in [1.82, 2.24) is 24.9 Å². The zero-order valence-corrected chi connectivity index (χ0v) is 14.6. The Morgan fingerprint density at radius 2 is 2.17 bits per heavy atom. The lowest BCUT2D eigenvalue weighted by atomic mass is 10.0. The molecular weight excluding hydrogens is 304 g/mol. The Balaban J connectivity index is 1.56. The highest BCUT2D eigenvalue weighted by molar-refractivity contribution is 5.87. The summed E-state index contributed by atoms with van der Waals surface area (Å²) in [5, 5.41) is 14.8. The molecule has 7 nitrogen and oxygen atoms in total. The summed E-state index contributed by atoms with van der Waals surface area (Å²) in [4.78, 5) is 13.7. The van der Waals surface area contributed by atoms with Crippen molar-refractivity contribution in [3.8, 4) is 0 Å². The molecule has 0 atom stereocenters. The highest BCUT2D eigenvalue weighted by Crippen LogP contribution is 2.26. The second kappa shape index (κ2) is 7.17. The van der Waals surface area contributed by atoms with E-state index >= 15 is 0 Å². The SMILES string of the molecule is CC(=O)Nc1ccnn1C1CCN(Cc2cc(C(C)C)n[nH]2)CC1. The van der Waals surface area contributed by atoms with Gasteiger partial charge in [0.15, 0.2) is 0 Å². The van der Waals surface area contributed by atoms with Gasteiger partial charge in [0, 0.05) is 38.3 Å². The van der Waals surface area contributed by atoms with E-state index in [4.69, 9.17) is 0 Å². The van der Waals surface area contributed by atoms with Crippen molar-refractivity contribution in [2.75, 3.05) is 18.4 Å². The van der Waals surface area contributed by atoms with Crippen LogP contribution in [-0.4, -0.2) is 43.9 Å². The van der Waals surface area contributed by atoms with Crippen LogP contribution in [0.25, 0.3) is 0 Å². The van der Waals surface area contributed by atoms with Crippen LogP contribution in [0.1, 0.15) is 57.0 Å². The Kier molecular flexibility index (Phi) is 4.99. The van der Waals surface area contributed by atoms with E-state index in [1.165, 1.54) is 12.6 Å². The number of aromatic nitrogens is 4. The van der Waals surface area contributed by atoms with Gasteiger partial charge >= 0.3 is 0 Å². The molecule has 0 aliphatic carbocycles. The zero-order valence-electron chi connectivity index (χ0n) is 14.6. The Labute approximate surface area is 142 Å². The summed E-state index contributed by atoms with van der Waals surface area (Å²) in [6, 6.07) is 4.36.